The number of azide groups is 1. The Morgan fingerprint density at radius 3 is 2.86 bits per heavy atom. The summed E-state index contributed by atoms with van der Waals surface area (Å²) in [4.78, 5) is 27.9. The lowest BCUT2D eigenvalue weighted by Crippen LogP contribution is -2.42. The molecule has 1 saturated heterocycles. The Labute approximate surface area is 118 Å². The highest BCUT2D eigenvalue weighted by Gasteiger charge is 2.53. The minimum atomic E-state index is -1.86. The van der Waals surface area contributed by atoms with Gasteiger partial charge in [0.25, 0.3) is 5.56 Å². The lowest BCUT2D eigenvalue weighted by atomic mass is 9.98. The molecule has 0 unspecified atom stereocenters. The van der Waals surface area contributed by atoms with Gasteiger partial charge in [0.2, 0.25) is 0 Å². The zero-order valence-electron chi connectivity index (χ0n) is 11.4. The average molecular weight is 297 g/mol. The summed E-state index contributed by atoms with van der Waals surface area (Å²) >= 11 is 0. The van der Waals surface area contributed by atoms with E-state index in [1.807, 2.05) is 0 Å². The highest BCUT2D eigenvalue weighted by Crippen LogP contribution is 2.41. The van der Waals surface area contributed by atoms with Crippen LogP contribution in [0.2, 0.25) is 0 Å². The molecular weight excluding hydrogens is 282 g/mol. The van der Waals surface area contributed by atoms with E-state index in [0.29, 0.717) is 0 Å². The summed E-state index contributed by atoms with van der Waals surface area (Å²) in [5.74, 6) is -0.648. The van der Waals surface area contributed by atoms with Gasteiger partial charge in [0.05, 0.1) is 12.7 Å². The molecule has 1 aromatic heterocycles. The normalized spacial score (nSPS) is 31.9. The number of rotatable bonds is 3. The Bertz CT molecular complexity index is 706. The van der Waals surface area contributed by atoms with Crippen LogP contribution in [0, 0.1) is 12.8 Å². The molecule has 1 aliphatic rings. The Kier molecular flexibility index (Phi) is 3.88. The third kappa shape index (κ3) is 2.34. The van der Waals surface area contributed by atoms with Crippen molar-refractivity contribution in [2.45, 2.75) is 31.9 Å². The first-order valence-corrected chi connectivity index (χ1v) is 6.21. The van der Waals surface area contributed by atoms with Crippen LogP contribution in [0.3, 0.4) is 0 Å². The van der Waals surface area contributed by atoms with Gasteiger partial charge < -0.3 is 14.9 Å². The quantitative estimate of drug-likeness (QED) is 0.385. The molecule has 10 heteroatoms. The summed E-state index contributed by atoms with van der Waals surface area (Å²) in [6.45, 7) is 2.35. The van der Waals surface area contributed by atoms with Gasteiger partial charge in [0.1, 0.15) is 6.23 Å². The third-order valence-corrected chi connectivity index (χ3v) is 3.60. The van der Waals surface area contributed by atoms with Gasteiger partial charge in [-0.2, -0.15) is 0 Å². The van der Waals surface area contributed by atoms with Crippen molar-refractivity contribution in [1.29, 1.82) is 0 Å². The van der Waals surface area contributed by atoms with Crippen molar-refractivity contribution in [2.75, 3.05) is 6.61 Å². The lowest BCUT2D eigenvalue weighted by molar-refractivity contribution is -0.124. The van der Waals surface area contributed by atoms with Crippen LogP contribution in [0.4, 0.5) is 0 Å². The molecule has 2 heterocycles. The van der Waals surface area contributed by atoms with E-state index in [-0.39, 0.29) is 5.56 Å². The predicted molar refractivity (Wildman–Crippen MR) is 70.3 cm³/mol. The average Bonchev–Trinajstić information content (AvgIpc) is 2.69. The van der Waals surface area contributed by atoms with E-state index >= 15 is 0 Å². The van der Waals surface area contributed by atoms with Crippen molar-refractivity contribution < 1.29 is 14.9 Å². The minimum Gasteiger partial charge on any atom is -0.393 e. The number of aliphatic hydroxyl groups is 2. The van der Waals surface area contributed by atoms with E-state index in [9.17, 15) is 19.8 Å². The summed E-state index contributed by atoms with van der Waals surface area (Å²) in [6, 6.07) is 0. The maximum Gasteiger partial charge on any atom is 0.330 e. The van der Waals surface area contributed by atoms with Crippen LogP contribution in [-0.4, -0.2) is 38.2 Å². The van der Waals surface area contributed by atoms with Crippen LogP contribution in [0.25, 0.3) is 10.4 Å². The van der Waals surface area contributed by atoms with Crippen molar-refractivity contribution >= 4 is 0 Å². The number of hydrogen-bond acceptors (Lipinski definition) is 6. The highest BCUT2D eigenvalue weighted by atomic mass is 16.6. The van der Waals surface area contributed by atoms with Gasteiger partial charge in [-0.15, -0.1) is 0 Å². The number of ether oxygens (including phenoxy) is 1. The Morgan fingerprint density at radius 2 is 2.29 bits per heavy atom. The first-order chi connectivity index (χ1) is 9.86. The van der Waals surface area contributed by atoms with E-state index in [4.69, 9.17) is 10.3 Å². The molecule has 0 saturated carbocycles. The Morgan fingerprint density at radius 1 is 1.62 bits per heavy atom. The number of aromatic nitrogens is 2. The number of nitrogens with zero attached hydrogens (tertiary/aromatic N) is 4. The van der Waals surface area contributed by atoms with E-state index < -0.39 is 41.8 Å². The van der Waals surface area contributed by atoms with Crippen molar-refractivity contribution in [3.8, 4) is 0 Å². The van der Waals surface area contributed by atoms with E-state index in [1.54, 1.807) is 6.92 Å². The maximum atomic E-state index is 11.9. The SMILES string of the molecule is Cc1cn([C@@H]2O[C@@](CO)(N=[N+]=[N-])[C@@H](O)[C@@H]2C)c(=O)[nH]c1=O. The number of aryl methyl sites for hydroxylation is 1. The molecule has 1 fully saturated rings. The first kappa shape index (κ1) is 15.3. The molecule has 2 rings (SSSR count). The van der Waals surface area contributed by atoms with Gasteiger partial charge in [-0.25, -0.2) is 4.79 Å². The summed E-state index contributed by atoms with van der Waals surface area (Å²) in [5.41, 5.74) is 5.74. The fraction of sp³-hybridized carbons (Fsp3) is 0.636. The van der Waals surface area contributed by atoms with Crippen LogP contribution < -0.4 is 11.2 Å². The molecule has 3 N–H and O–H groups in total. The molecule has 0 amide bonds. The molecule has 21 heavy (non-hydrogen) atoms. The number of aromatic amines is 1. The van der Waals surface area contributed by atoms with Gasteiger partial charge >= 0.3 is 5.69 Å². The highest BCUT2D eigenvalue weighted by molar-refractivity contribution is 5.04. The third-order valence-electron chi connectivity index (χ3n) is 3.60. The summed E-state index contributed by atoms with van der Waals surface area (Å²) < 4.78 is 6.54. The molecule has 4 atom stereocenters. The molecule has 0 aliphatic carbocycles. The zero-order valence-corrected chi connectivity index (χ0v) is 11.4. The summed E-state index contributed by atoms with van der Waals surface area (Å²) in [5, 5.41) is 22.8. The van der Waals surface area contributed by atoms with E-state index in [1.165, 1.54) is 13.1 Å². The molecule has 1 aromatic rings. The first-order valence-electron chi connectivity index (χ1n) is 6.21. The standard InChI is InChI=1S/C11H15N5O5/c1-5-3-16(10(20)13-8(5)19)9-6(2)7(18)11(4-17,21-9)14-15-12/h3,6-7,9,17-18H,4H2,1-2H3,(H,13,19,20)/t6-,7-,9+,11+/m0/s1. The second-order valence-electron chi connectivity index (χ2n) is 4.98. The van der Waals surface area contributed by atoms with Crippen molar-refractivity contribution in [3.05, 3.63) is 43.0 Å². The zero-order chi connectivity index (χ0) is 15.8. The van der Waals surface area contributed by atoms with Crippen LogP contribution in [0.1, 0.15) is 18.7 Å². The number of aliphatic hydroxyl groups excluding tert-OH is 2. The van der Waals surface area contributed by atoms with Gasteiger partial charge in [0, 0.05) is 22.6 Å². The lowest BCUT2D eigenvalue weighted by Gasteiger charge is -2.24. The second-order valence-corrected chi connectivity index (χ2v) is 4.98. The number of H-pyrrole nitrogens is 1. The van der Waals surface area contributed by atoms with Crippen molar-refractivity contribution in [3.63, 3.8) is 0 Å². The molecular formula is C11H15N5O5. The van der Waals surface area contributed by atoms with Gasteiger partial charge in [-0.1, -0.05) is 12.0 Å². The van der Waals surface area contributed by atoms with Gasteiger partial charge in [0.15, 0.2) is 5.72 Å². The van der Waals surface area contributed by atoms with Crippen LogP contribution >= 0.6 is 0 Å². The molecule has 0 bridgehead atoms. The summed E-state index contributed by atoms with van der Waals surface area (Å²) in [7, 11) is 0. The Balaban J connectivity index is 2.52. The fourth-order valence-electron chi connectivity index (χ4n) is 2.36. The van der Waals surface area contributed by atoms with E-state index in [2.05, 4.69) is 15.0 Å². The topological polar surface area (TPSA) is 153 Å². The number of nitrogens with one attached hydrogen (secondary N) is 1. The van der Waals surface area contributed by atoms with E-state index in [0.717, 1.165) is 4.57 Å². The Hall–Kier alpha value is -2.13. The predicted octanol–water partition coefficient (Wildman–Crippen LogP) is -0.630. The van der Waals surface area contributed by atoms with Crippen molar-refractivity contribution in [1.82, 2.24) is 9.55 Å². The van der Waals surface area contributed by atoms with Crippen LogP contribution in [0.15, 0.2) is 20.9 Å². The monoisotopic (exact) mass is 297 g/mol. The molecule has 10 nitrogen and oxygen atoms in total. The molecule has 1 aliphatic heterocycles. The molecule has 114 valence electrons. The van der Waals surface area contributed by atoms with Gasteiger partial charge in [-0.3, -0.25) is 14.3 Å². The molecule has 0 aromatic carbocycles. The van der Waals surface area contributed by atoms with Gasteiger partial charge in [-0.05, 0) is 12.5 Å². The van der Waals surface area contributed by atoms with Crippen LogP contribution in [0.5, 0.6) is 0 Å². The minimum absolute atomic E-state index is 0.283. The van der Waals surface area contributed by atoms with Crippen molar-refractivity contribution in [2.24, 2.45) is 11.0 Å². The molecule has 0 radical (unpaired) electrons. The second kappa shape index (κ2) is 5.34. The maximum absolute atomic E-state index is 11.9. The fourth-order valence-corrected chi connectivity index (χ4v) is 2.36. The largest absolute Gasteiger partial charge is 0.393 e. The smallest absolute Gasteiger partial charge is 0.330 e. The summed E-state index contributed by atoms with van der Waals surface area (Å²) in [6.07, 6.45) is -0.998. The number of hydrogen-bond donors (Lipinski definition) is 3. The van der Waals surface area contributed by atoms with Crippen LogP contribution in [-0.2, 0) is 4.74 Å². The molecule has 0 spiro atoms.